The van der Waals surface area contributed by atoms with Crippen LogP contribution in [-0.2, 0) is 4.74 Å². The molecule has 5 nitrogen and oxygen atoms in total. The van der Waals surface area contributed by atoms with Crippen molar-refractivity contribution in [1.29, 1.82) is 0 Å². The average Bonchev–Trinajstić information content (AvgIpc) is 2.40. The van der Waals surface area contributed by atoms with Crippen molar-refractivity contribution >= 4 is 5.97 Å². The highest BCUT2D eigenvalue weighted by molar-refractivity contribution is 5.90. The van der Waals surface area contributed by atoms with E-state index in [2.05, 4.69) is 15.0 Å². The summed E-state index contributed by atoms with van der Waals surface area (Å²) in [5.41, 5.74) is 1.81. The first-order valence-corrected chi connectivity index (χ1v) is 5.63. The van der Waals surface area contributed by atoms with Gasteiger partial charge in [-0.1, -0.05) is 0 Å². The second-order valence-corrected chi connectivity index (χ2v) is 3.65. The zero-order valence-corrected chi connectivity index (χ0v) is 10.3. The van der Waals surface area contributed by atoms with Crippen molar-refractivity contribution < 1.29 is 9.53 Å². The number of rotatable bonds is 3. The summed E-state index contributed by atoms with van der Waals surface area (Å²) in [5.74, 6) is 0.154. The molecule has 0 N–H and O–H groups in total. The lowest BCUT2D eigenvalue weighted by molar-refractivity contribution is 0.0524. The third-order valence-corrected chi connectivity index (χ3v) is 2.39. The lowest BCUT2D eigenvalue weighted by Gasteiger charge is -2.06. The fourth-order valence-corrected chi connectivity index (χ4v) is 1.51. The highest BCUT2D eigenvalue weighted by Gasteiger charge is 2.13. The average molecular weight is 243 g/mol. The molecule has 0 radical (unpaired) electrons. The van der Waals surface area contributed by atoms with E-state index in [1.54, 1.807) is 26.2 Å². The molecule has 0 fully saturated rings. The molecule has 92 valence electrons. The summed E-state index contributed by atoms with van der Waals surface area (Å²) in [6.45, 7) is 3.86. The molecule has 2 heterocycles. The van der Waals surface area contributed by atoms with Gasteiger partial charge in [-0.15, -0.1) is 0 Å². The Balaban J connectivity index is 2.34. The molecule has 0 atom stereocenters. The van der Waals surface area contributed by atoms with Gasteiger partial charge in [-0.25, -0.2) is 14.8 Å². The maximum absolute atomic E-state index is 11.6. The third-order valence-electron chi connectivity index (χ3n) is 2.39. The Morgan fingerprint density at radius 3 is 2.83 bits per heavy atom. The van der Waals surface area contributed by atoms with Crippen molar-refractivity contribution in [1.82, 2.24) is 15.0 Å². The number of carbonyl (C=O) groups is 1. The van der Waals surface area contributed by atoms with Crippen molar-refractivity contribution in [2.24, 2.45) is 0 Å². The summed E-state index contributed by atoms with van der Waals surface area (Å²) in [4.78, 5) is 24.1. The summed E-state index contributed by atoms with van der Waals surface area (Å²) in [7, 11) is 0. The molecule has 5 heteroatoms. The molecule has 0 saturated carbocycles. The summed E-state index contributed by atoms with van der Waals surface area (Å²) in [5, 5.41) is 0. The monoisotopic (exact) mass is 243 g/mol. The Bertz CT molecular complexity index is 555. The number of esters is 1. The van der Waals surface area contributed by atoms with E-state index in [1.807, 2.05) is 12.1 Å². The number of carbonyl (C=O) groups excluding carboxylic acids is 1. The molecule has 0 amide bonds. The molecular weight excluding hydrogens is 230 g/mol. The minimum Gasteiger partial charge on any atom is -0.462 e. The van der Waals surface area contributed by atoms with Crippen molar-refractivity contribution in [2.75, 3.05) is 6.61 Å². The lowest BCUT2D eigenvalue weighted by Crippen LogP contribution is -2.09. The molecule has 0 aliphatic heterocycles. The van der Waals surface area contributed by atoms with Gasteiger partial charge in [-0.05, 0) is 26.0 Å². The Kier molecular flexibility index (Phi) is 3.62. The standard InChI is InChI=1S/C13H13N3O2/c1-3-18-13(17)11-8-15-12(16-9(11)2)10-5-4-6-14-7-10/h4-8H,3H2,1-2H3. The third kappa shape index (κ3) is 2.51. The molecule has 0 bridgehead atoms. The van der Waals surface area contributed by atoms with E-state index in [0.717, 1.165) is 5.56 Å². The van der Waals surface area contributed by atoms with Crippen molar-refractivity contribution in [2.45, 2.75) is 13.8 Å². The van der Waals surface area contributed by atoms with Gasteiger partial charge in [0, 0.05) is 24.2 Å². The number of nitrogens with zero attached hydrogens (tertiary/aromatic N) is 3. The summed E-state index contributed by atoms with van der Waals surface area (Å²) >= 11 is 0. The molecule has 2 rings (SSSR count). The molecule has 2 aromatic heterocycles. The fraction of sp³-hybridized carbons (Fsp3) is 0.231. The number of aromatic nitrogens is 3. The fourth-order valence-electron chi connectivity index (χ4n) is 1.51. The maximum atomic E-state index is 11.6. The second kappa shape index (κ2) is 5.35. The normalized spacial score (nSPS) is 10.1. The number of aryl methyl sites for hydroxylation is 1. The first-order valence-electron chi connectivity index (χ1n) is 5.63. The smallest absolute Gasteiger partial charge is 0.341 e. The van der Waals surface area contributed by atoms with Crippen LogP contribution in [0.25, 0.3) is 11.4 Å². The SMILES string of the molecule is CCOC(=O)c1cnc(-c2cccnc2)nc1C. The van der Waals surface area contributed by atoms with Crippen LogP contribution in [0.4, 0.5) is 0 Å². The van der Waals surface area contributed by atoms with Gasteiger partial charge >= 0.3 is 5.97 Å². The predicted octanol–water partition coefficient (Wildman–Crippen LogP) is 2.02. The number of pyridine rings is 1. The van der Waals surface area contributed by atoms with Crippen LogP contribution in [0.2, 0.25) is 0 Å². The highest BCUT2D eigenvalue weighted by Crippen LogP contribution is 2.15. The van der Waals surface area contributed by atoms with E-state index < -0.39 is 5.97 Å². The molecule has 0 unspecified atom stereocenters. The largest absolute Gasteiger partial charge is 0.462 e. The lowest BCUT2D eigenvalue weighted by atomic mass is 10.2. The predicted molar refractivity (Wildman–Crippen MR) is 66.0 cm³/mol. The van der Waals surface area contributed by atoms with Crippen LogP contribution in [0, 0.1) is 6.92 Å². The van der Waals surface area contributed by atoms with Crippen molar-refractivity contribution in [3.8, 4) is 11.4 Å². The van der Waals surface area contributed by atoms with Gasteiger partial charge in [0.05, 0.1) is 17.9 Å². The maximum Gasteiger partial charge on any atom is 0.341 e. The van der Waals surface area contributed by atoms with Crippen molar-refractivity contribution in [3.63, 3.8) is 0 Å². The zero-order chi connectivity index (χ0) is 13.0. The van der Waals surface area contributed by atoms with E-state index in [-0.39, 0.29) is 0 Å². The molecule has 0 saturated heterocycles. The zero-order valence-electron chi connectivity index (χ0n) is 10.3. The first kappa shape index (κ1) is 12.2. The molecule has 18 heavy (non-hydrogen) atoms. The summed E-state index contributed by atoms with van der Waals surface area (Å²) in [6, 6.07) is 3.68. The van der Waals surface area contributed by atoms with E-state index in [4.69, 9.17) is 4.74 Å². The van der Waals surface area contributed by atoms with E-state index in [1.165, 1.54) is 6.20 Å². The topological polar surface area (TPSA) is 65.0 Å². The second-order valence-electron chi connectivity index (χ2n) is 3.65. The van der Waals surface area contributed by atoms with Gasteiger partial charge in [-0.3, -0.25) is 4.98 Å². The Morgan fingerprint density at radius 1 is 1.39 bits per heavy atom. The Hall–Kier alpha value is -2.30. The minimum atomic E-state index is -0.396. The molecule has 0 aliphatic rings. The summed E-state index contributed by atoms with van der Waals surface area (Å²) in [6.07, 6.45) is 4.85. The van der Waals surface area contributed by atoms with Crippen LogP contribution in [0.3, 0.4) is 0 Å². The van der Waals surface area contributed by atoms with Gasteiger partial charge in [0.2, 0.25) is 0 Å². The van der Waals surface area contributed by atoms with Crippen LogP contribution in [0.1, 0.15) is 23.0 Å². The molecule has 0 aromatic carbocycles. The molecule has 0 spiro atoms. The minimum absolute atomic E-state index is 0.336. The Labute approximate surface area is 105 Å². The van der Waals surface area contributed by atoms with Gasteiger partial charge in [0.25, 0.3) is 0 Å². The molecule has 0 aliphatic carbocycles. The molecule has 2 aromatic rings. The quantitative estimate of drug-likeness (QED) is 0.772. The van der Waals surface area contributed by atoms with E-state index >= 15 is 0 Å². The van der Waals surface area contributed by atoms with Gasteiger partial charge in [0.1, 0.15) is 0 Å². The number of hydrogen-bond donors (Lipinski definition) is 0. The van der Waals surface area contributed by atoms with Crippen LogP contribution >= 0.6 is 0 Å². The Morgan fingerprint density at radius 2 is 2.22 bits per heavy atom. The van der Waals surface area contributed by atoms with E-state index in [0.29, 0.717) is 23.7 Å². The number of hydrogen-bond acceptors (Lipinski definition) is 5. The van der Waals surface area contributed by atoms with Crippen LogP contribution in [-0.4, -0.2) is 27.5 Å². The van der Waals surface area contributed by atoms with Gasteiger partial charge in [0.15, 0.2) is 5.82 Å². The van der Waals surface area contributed by atoms with E-state index in [9.17, 15) is 4.79 Å². The van der Waals surface area contributed by atoms with Crippen LogP contribution in [0.15, 0.2) is 30.7 Å². The van der Waals surface area contributed by atoms with Crippen LogP contribution in [0.5, 0.6) is 0 Å². The van der Waals surface area contributed by atoms with Gasteiger partial charge < -0.3 is 4.74 Å². The van der Waals surface area contributed by atoms with Crippen LogP contribution < -0.4 is 0 Å². The van der Waals surface area contributed by atoms with Gasteiger partial charge in [-0.2, -0.15) is 0 Å². The summed E-state index contributed by atoms with van der Waals surface area (Å²) < 4.78 is 4.92. The first-order chi connectivity index (χ1) is 8.72. The van der Waals surface area contributed by atoms with Crippen molar-refractivity contribution in [3.05, 3.63) is 42.0 Å². The molecular formula is C13H13N3O2. The highest BCUT2D eigenvalue weighted by atomic mass is 16.5. The number of ether oxygens (including phenoxy) is 1.